The average Bonchev–Trinajstić information content (AvgIpc) is 2.87. The van der Waals surface area contributed by atoms with Gasteiger partial charge in [0.2, 0.25) is 0 Å². The maximum absolute atomic E-state index is 11.7. The molecule has 2 aliphatic rings. The number of carbonyl (C=O) groups excluding carboxylic acids is 1. The van der Waals surface area contributed by atoms with Crippen molar-refractivity contribution in [3.63, 3.8) is 0 Å². The monoisotopic (exact) mass is 300 g/mol. The van der Waals surface area contributed by atoms with Crippen molar-refractivity contribution >= 4 is 16.9 Å². The van der Waals surface area contributed by atoms with E-state index in [0.717, 1.165) is 37.1 Å². The molecule has 2 aliphatic heterocycles. The molecule has 1 amide bonds. The van der Waals surface area contributed by atoms with Crippen LogP contribution in [0.25, 0.3) is 11.0 Å². The molecule has 0 aromatic carbocycles. The summed E-state index contributed by atoms with van der Waals surface area (Å²) < 4.78 is 7.83. The van der Waals surface area contributed by atoms with Crippen LogP contribution < -0.4 is 5.73 Å². The number of likely N-dealkylation sites (N-methyl/N-ethyl adjacent to an activating group) is 1. The highest BCUT2D eigenvalue weighted by atomic mass is 16.5. The van der Waals surface area contributed by atoms with Crippen molar-refractivity contribution in [2.24, 2.45) is 5.73 Å². The van der Waals surface area contributed by atoms with Gasteiger partial charge in [0.1, 0.15) is 5.65 Å². The summed E-state index contributed by atoms with van der Waals surface area (Å²) in [7, 11) is 2.18. The molecular formula is C16H20N4O2. The molecule has 0 saturated carbocycles. The van der Waals surface area contributed by atoms with Crippen LogP contribution in [0.5, 0.6) is 0 Å². The zero-order valence-corrected chi connectivity index (χ0v) is 12.6. The fourth-order valence-corrected chi connectivity index (χ4v) is 3.85. The number of hydrogen-bond donors (Lipinski definition) is 1. The number of rotatable bonds is 2. The highest BCUT2D eigenvalue weighted by Gasteiger charge is 2.38. The Hall–Kier alpha value is -1.92. The second kappa shape index (κ2) is 5.07. The Labute approximate surface area is 128 Å². The van der Waals surface area contributed by atoms with Gasteiger partial charge in [0.05, 0.1) is 18.8 Å². The number of ether oxygens (including phenoxy) is 1. The molecule has 2 saturated heterocycles. The molecule has 2 N–H and O–H groups in total. The number of aromatic nitrogens is 2. The number of primary amides is 1. The van der Waals surface area contributed by atoms with Gasteiger partial charge < -0.3 is 15.0 Å². The molecule has 4 heterocycles. The van der Waals surface area contributed by atoms with E-state index in [1.54, 1.807) is 6.20 Å². The Kier molecular flexibility index (Phi) is 3.16. The molecule has 6 nitrogen and oxygen atoms in total. The highest BCUT2D eigenvalue weighted by molar-refractivity contribution is 6.05. The lowest BCUT2D eigenvalue weighted by Crippen LogP contribution is -2.55. The summed E-state index contributed by atoms with van der Waals surface area (Å²) in [5.74, 6) is -0.395. The van der Waals surface area contributed by atoms with Gasteiger partial charge in [0.15, 0.2) is 0 Å². The fraction of sp³-hybridized carbons (Fsp3) is 0.500. The fourth-order valence-electron chi connectivity index (χ4n) is 3.85. The number of carbonyl (C=O) groups is 1. The predicted molar refractivity (Wildman–Crippen MR) is 82.7 cm³/mol. The third-order valence-electron chi connectivity index (χ3n) is 5.11. The number of amides is 1. The van der Waals surface area contributed by atoms with Gasteiger partial charge in [-0.05, 0) is 32.0 Å². The molecule has 0 radical (unpaired) electrons. The van der Waals surface area contributed by atoms with Gasteiger partial charge in [0, 0.05) is 35.9 Å². The van der Waals surface area contributed by atoms with Crippen LogP contribution in [-0.4, -0.2) is 52.7 Å². The molecule has 2 atom stereocenters. The van der Waals surface area contributed by atoms with E-state index < -0.39 is 5.91 Å². The summed E-state index contributed by atoms with van der Waals surface area (Å²) in [6.07, 6.45) is 5.66. The summed E-state index contributed by atoms with van der Waals surface area (Å²) in [5, 5.41) is 0.843. The van der Waals surface area contributed by atoms with Crippen molar-refractivity contribution < 1.29 is 9.53 Å². The molecule has 0 spiro atoms. The number of nitrogens with two attached hydrogens (primary N) is 1. The number of pyridine rings is 1. The van der Waals surface area contributed by atoms with Crippen LogP contribution in [0.2, 0.25) is 0 Å². The first-order chi connectivity index (χ1) is 10.6. The molecule has 6 heteroatoms. The lowest BCUT2D eigenvalue weighted by Gasteiger charge is -2.47. The smallest absolute Gasteiger partial charge is 0.250 e. The minimum absolute atomic E-state index is 0.334. The van der Waals surface area contributed by atoms with E-state index in [4.69, 9.17) is 10.5 Å². The van der Waals surface area contributed by atoms with E-state index in [-0.39, 0.29) is 0 Å². The molecule has 2 aromatic heterocycles. The summed E-state index contributed by atoms with van der Waals surface area (Å²) in [6.45, 7) is 1.55. The second-order valence-electron chi connectivity index (χ2n) is 6.32. The van der Waals surface area contributed by atoms with Crippen molar-refractivity contribution in [2.45, 2.75) is 31.0 Å². The van der Waals surface area contributed by atoms with Crippen LogP contribution in [-0.2, 0) is 4.74 Å². The minimum atomic E-state index is -0.395. The van der Waals surface area contributed by atoms with Crippen LogP contribution in [0.15, 0.2) is 24.5 Å². The van der Waals surface area contributed by atoms with Crippen LogP contribution in [0.1, 0.15) is 29.2 Å². The van der Waals surface area contributed by atoms with Crippen LogP contribution >= 0.6 is 0 Å². The first-order valence-corrected chi connectivity index (χ1v) is 7.70. The summed E-state index contributed by atoms with van der Waals surface area (Å²) in [5.41, 5.74) is 6.94. The summed E-state index contributed by atoms with van der Waals surface area (Å²) >= 11 is 0. The molecule has 2 bridgehead atoms. The maximum atomic E-state index is 11.7. The van der Waals surface area contributed by atoms with Gasteiger partial charge in [-0.2, -0.15) is 0 Å². The quantitative estimate of drug-likeness (QED) is 0.903. The topological polar surface area (TPSA) is 73.4 Å². The molecule has 22 heavy (non-hydrogen) atoms. The van der Waals surface area contributed by atoms with Crippen LogP contribution in [0.4, 0.5) is 0 Å². The average molecular weight is 300 g/mol. The zero-order chi connectivity index (χ0) is 15.3. The number of fused-ring (bicyclic) bond motifs is 3. The standard InChI is InChI=1S/C16H20N4O2/c1-19-11-5-10(6-12(19)9-22-8-11)20-7-14(15(17)21)13-3-2-4-18-16(13)20/h2-4,7,10-12H,5-6,8-9H2,1H3,(H2,17,21). The first-order valence-electron chi connectivity index (χ1n) is 7.70. The Balaban J connectivity index is 1.77. The van der Waals surface area contributed by atoms with Crippen LogP contribution in [0, 0.1) is 0 Å². The lowest BCUT2D eigenvalue weighted by atomic mass is 9.90. The number of piperidine rings is 1. The molecule has 4 rings (SSSR count). The van der Waals surface area contributed by atoms with Crippen molar-refractivity contribution in [1.82, 2.24) is 14.5 Å². The Morgan fingerprint density at radius 1 is 1.32 bits per heavy atom. The largest absolute Gasteiger partial charge is 0.378 e. The van der Waals surface area contributed by atoms with E-state index in [9.17, 15) is 4.79 Å². The Morgan fingerprint density at radius 3 is 2.73 bits per heavy atom. The number of nitrogens with zero attached hydrogens (tertiary/aromatic N) is 3. The van der Waals surface area contributed by atoms with E-state index >= 15 is 0 Å². The van der Waals surface area contributed by atoms with E-state index in [1.807, 2.05) is 18.3 Å². The molecule has 0 aliphatic carbocycles. The second-order valence-corrected chi connectivity index (χ2v) is 6.32. The summed E-state index contributed by atoms with van der Waals surface area (Å²) in [4.78, 5) is 18.6. The van der Waals surface area contributed by atoms with Crippen molar-refractivity contribution in [2.75, 3.05) is 20.3 Å². The Bertz CT molecular complexity index is 712. The Morgan fingerprint density at radius 2 is 2.05 bits per heavy atom. The normalized spacial score (nSPS) is 28.9. The predicted octanol–water partition coefficient (Wildman–Crippen LogP) is 1.17. The van der Waals surface area contributed by atoms with Gasteiger partial charge in [-0.25, -0.2) is 4.98 Å². The van der Waals surface area contributed by atoms with Gasteiger partial charge >= 0.3 is 0 Å². The van der Waals surface area contributed by atoms with Gasteiger partial charge in [-0.15, -0.1) is 0 Å². The molecule has 116 valence electrons. The van der Waals surface area contributed by atoms with E-state index in [2.05, 4.69) is 21.5 Å². The molecule has 2 aromatic rings. The number of hydrogen-bond acceptors (Lipinski definition) is 4. The molecular weight excluding hydrogens is 280 g/mol. The van der Waals surface area contributed by atoms with E-state index in [1.165, 1.54) is 0 Å². The van der Waals surface area contributed by atoms with Crippen LogP contribution in [0.3, 0.4) is 0 Å². The third-order valence-corrected chi connectivity index (χ3v) is 5.11. The van der Waals surface area contributed by atoms with Crippen molar-refractivity contribution in [1.29, 1.82) is 0 Å². The minimum Gasteiger partial charge on any atom is -0.378 e. The molecule has 2 fully saturated rings. The molecule has 2 unspecified atom stereocenters. The van der Waals surface area contributed by atoms with Crippen molar-refractivity contribution in [3.05, 3.63) is 30.1 Å². The van der Waals surface area contributed by atoms with E-state index in [0.29, 0.717) is 23.7 Å². The van der Waals surface area contributed by atoms with Crippen molar-refractivity contribution in [3.8, 4) is 0 Å². The number of morpholine rings is 1. The lowest BCUT2D eigenvalue weighted by molar-refractivity contribution is -0.0720. The van der Waals surface area contributed by atoms with Gasteiger partial charge in [-0.3, -0.25) is 9.69 Å². The van der Waals surface area contributed by atoms with Gasteiger partial charge in [-0.1, -0.05) is 0 Å². The SMILES string of the molecule is CN1C2COCC1CC(n1cc(C(N)=O)c3cccnc31)C2. The summed E-state index contributed by atoms with van der Waals surface area (Å²) in [6, 6.07) is 4.95. The highest BCUT2D eigenvalue weighted by Crippen LogP contribution is 2.36. The third kappa shape index (κ3) is 2.02. The maximum Gasteiger partial charge on any atom is 0.250 e. The first kappa shape index (κ1) is 13.7. The van der Waals surface area contributed by atoms with Gasteiger partial charge in [0.25, 0.3) is 5.91 Å². The zero-order valence-electron chi connectivity index (χ0n) is 12.6.